The van der Waals surface area contributed by atoms with Crippen molar-refractivity contribution in [3.8, 4) is 5.69 Å². The van der Waals surface area contributed by atoms with E-state index in [2.05, 4.69) is 40.7 Å². The van der Waals surface area contributed by atoms with Crippen molar-refractivity contribution in [1.82, 2.24) is 29.6 Å². The number of nitrogens with zero attached hydrogens (tertiary/aromatic N) is 4. The number of likely N-dealkylation sites (tertiary alicyclic amines) is 1. The lowest BCUT2D eigenvalue weighted by Crippen LogP contribution is -2.51. The summed E-state index contributed by atoms with van der Waals surface area (Å²) in [5.41, 5.74) is 8.75. The van der Waals surface area contributed by atoms with Gasteiger partial charge in [0.25, 0.3) is 5.92 Å². The van der Waals surface area contributed by atoms with Gasteiger partial charge in [-0.15, -0.1) is 0 Å². The SMILES string of the molecule is C[C@H]1CCCN(Cc2cc(C(C)(F)F)c3cn(-c4cccc([C@@H](C5CC(C)(O)C5)C5NNC(C6CCCCC6)N5C)c4)c(=O)n3c2)C1. The van der Waals surface area contributed by atoms with E-state index in [0.29, 0.717) is 36.9 Å². The molecule has 0 spiro atoms. The Morgan fingerprint density at radius 2 is 1.83 bits per heavy atom. The van der Waals surface area contributed by atoms with Gasteiger partial charge in [-0.25, -0.2) is 24.4 Å². The molecule has 0 amide bonds. The number of hydrogen-bond acceptors (Lipinski definition) is 6. The van der Waals surface area contributed by atoms with Crippen LogP contribution in [0.2, 0.25) is 0 Å². The van der Waals surface area contributed by atoms with E-state index in [9.17, 15) is 9.90 Å². The van der Waals surface area contributed by atoms with Crippen molar-refractivity contribution in [3.05, 3.63) is 69.9 Å². The molecule has 2 saturated carbocycles. The van der Waals surface area contributed by atoms with Crippen LogP contribution in [0.15, 0.2) is 47.5 Å². The molecule has 256 valence electrons. The van der Waals surface area contributed by atoms with Crippen LogP contribution in [0.3, 0.4) is 0 Å². The van der Waals surface area contributed by atoms with Crippen LogP contribution in [-0.4, -0.2) is 61.9 Å². The van der Waals surface area contributed by atoms with Crippen LogP contribution in [0.5, 0.6) is 0 Å². The van der Waals surface area contributed by atoms with Crippen molar-refractivity contribution in [2.45, 2.75) is 115 Å². The Morgan fingerprint density at radius 3 is 2.53 bits per heavy atom. The molecule has 8 nitrogen and oxygen atoms in total. The highest BCUT2D eigenvalue weighted by Gasteiger charge is 2.49. The number of rotatable bonds is 8. The second-order valence-corrected chi connectivity index (χ2v) is 15.7. The van der Waals surface area contributed by atoms with Crippen molar-refractivity contribution in [2.75, 3.05) is 20.1 Å². The standard InChI is InChI=1S/C37H52F2N6O2/c1-24-10-9-15-43(20-24)21-25-16-30(37(3,38)39)31-23-44(35(46)45(31)22-25)29-14-8-13-27(17-29)32(28-18-36(2,47)19-28)34-41-40-33(42(34)4)26-11-6-5-7-12-26/h8,13-14,16-17,22-24,26,28,32-34,40-41,47H,5-7,9-12,15,18-21H2,1-4H3/t24-,28?,32-,33?,34?,36?/m0/s1. The predicted molar refractivity (Wildman–Crippen MR) is 181 cm³/mol. The van der Waals surface area contributed by atoms with Crippen LogP contribution in [0.25, 0.3) is 11.2 Å². The fourth-order valence-corrected chi connectivity index (χ4v) is 9.27. The first kappa shape index (κ1) is 32.9. The Balaban J connectivity index is 1.24. The third kappa shape index (κ3) is 6.56. The number of imidazole rings is 1. The predicted octanol–water partition coefficient (Wildman–Crippen LogP) is 5.95. The van der Waals surface area contributed by atoms with Gasteiger partial charge in [0.2, 0.25) is 0 Å². The maximum Gasteiger partial charge on any atom is 0.337 e. The number of likely N-dealkylation sites (N-methyl/N-ethyl adjacent to an activating group) is 1. The molecule has 2 saturated heterocycles. The van der Waals surface area contributed by atoms with Gasteiger partial charge in [-0.2, -0.15) is 0 Å². The highest BCUT2D eigenvalue weighted by Crippen LogP contribution is 2.48. The zero-order valence-corrected chi connectivity index (χ0v) is 28.4. The van der Waals surface area contributed by atoms with Crippen molar-refractivity contribution in [3.63, 3.8) is 0 Å². The van der Waals surface area contributed by atoms with E-state index in [4.69, 9.17) is 0 Å². The number of aliphatic hydroxyl groups is 1. The molecule has 2 aliphatic carbocycles. The molecule has 47 heavy (non-hydrogen) atoms. The average molecular weight is 651 g/mol. The van der Waals surface area contributed by atoms with Gasteiger partial charge in [-0.1, -0.05) is 38.3 Å². The molecule has 3 aromatic rings. The lowest BCUT2D eigenvalue weighted by atomic mass is 9.63. The van der Waals surface area contributed by atoms with Crippen LogP contribution >= 0.6 is 0 Å². The van der Waals surface area contributed by atoms with Crippen LogP contribution in [0, 0.1) is 17.8 Å². The van der Waals surface area contributed by atoms with Gasteiger partial charge in [0.15, 0.2) is 0 Å². The smallest absolute Gasteiger partial charge is 0.337 e. The molecule has 1 aromatic carbocycles. The molecule has 0 radical (unpaired) electrons. The highest BCUT2D eigenvalue weighted by atomic mass is 19.3. The van der Waals surface area contributed by atoms with E-state index in [1.807, 2.05) is 25.1 Å². The normalized spacial score (nSPS) is 30.5. The highest BCUT2D eigenvalue weighted by molar-refractivity contribution is 5.58. The van der Waals surface area contributed by atoms with Crippen molar-refractivity contribution in [1.29, 1.82) is 0 Å². The Hall–Kier alpha value is -2.63. The average Bonchev–Trinajstić information content (AvgIpc) is 3.55. The number of fused-ring (bicyclic) bond motifs is 1. The van der Waals surface area contributed by atoms with Crippen molar-refractivity contribution in [2.24, 2.45) is 17.8 Å². The zero-order chi connectivity index (χ0) is 33.1. The number of hydrazine groups is 1. The van der Waals surface area contributed by atoms with Gasteiger partial charge < -0.3 is 5.11 Å². The number of hydrogen-bond donors (Lipinski definition) is 3. The summed E-state index contributed by atoms with van der Waals surface area (Å²) >= 11 is 0. The molecule has 2 unspecified atom stereocenters. The third-order valence-corrected chi connectivity index (χ3v) is 11.6. The maximum absolute atomic E-state index is 15.1. The third-order valence-electron chi connectivity index (χ3n) is 11.6. The van der Waals surface area contributed by atoms with Gasteiger partial charge in [-0.3, -0.25) is 18.8 Å². The molecule has 7 rings (SSSR count). The van der Waals surface area contributed by atoms with Gasteiger partial charge in [-0.05, 0) is 106 Å². The fraction of sp³-hybridized carbons (Fsp3) is 0.649. The van der Waals surface area contributed by atoms with Crippen LogP contribution in [0.4, 0.5) is 8.78 Å². The minimum Gasteiger partial charge on any atom is -0.390 e. The number of benzene rings is 1. The molecule has 10 heteroatoms. The largest absolute Gasteiger partial charge is 0.390 e. The number of pyridine rings is 1. The van der Waals surface area contributed by atoms with Gasteiger partial charge in [0.05, 0.1) is 29.1 Å². The summed E-state index contributed by atoms with van der Waals surface area (Å²) in [4.78, 5) is 18.7. The molecule has 4 fully saturated rings. The van der Waals surface area contributed by atoms with Gasteiger partial charge >= 0.3 is 5.69 Å². The molecule has 2 aromatic heterocycles. The van der Waals surface area contributed by atoms with Crippen LogP contribution < -0.4 is 16.5 Å². The lowest BCUT2D eigenvalue weighted by Gasteiger charge is -2.48. The first-order valence-electron chi connectivity index (χ1n) is 17.8. The van der Waals surface area contributed by atoms with E-state index in [-0.39, 0.29) is 40.9 Å². The summed E-state index contributed by atoms with van der Waals surface area (Å²) in [6.45, 7) is 7.45. The minimum atomic E-state index is -3.11. The van der Waals surface area contributed by atoms with Crippen LogP contribution in [-0.2, 0) is 12.5 Å². The minimum absolute atomic E-state index is 0.00792. The summed E-state index contributed by atoms with van der Waals surface area (Å²) in [5.74, 6) is -1.64. The summed E-state index contributed by atoms with van der Waals surface area (Å²) < 4.78 is 33.2. The molecule has 4 heterocycles. The molecular formula is C37H52F2N6O2. The fourth-order valence-electron chi connectivity index (χ4n) is 9.27. The summed E-state index contributed by atoms with van der Waals surface area (Å²) in [7, 11) is 2.18. The van der Waals surface area contributed by atoms with Gasteiger partial charge in [0, 0.05) is 43.9 Å². The molecular weight excluding hydrogens is 598 g/mol. The summed E-state index contributed by atoms with van der Waals surface area (Å²) in [5, 5.41) is 10.8. The summed E-state index contributed by atoms with van der Waals surface area (Å²) in [6, 6.07) is 9.58. The molecule has 4 atom stereocenters. The molecule has 0 bridgehead atoms. The molecule has 3 N–H and O–H groups in total. The molecule has 2 aliphatic heterocycles. The van der Waals surface area contributed by atoms with E-state index < -0.39 is 11.5 Å². The van der Waals surface area contributed by atoms with Crippen LogP contribution in [0.1, 0.15) is 101 Å². The van der Waals surface area contributed by atoms with E-state index >= 15 is 8.78 Å². The first-order chi connectivity index (χ1) is 22.4. The molecule has 4 aliphatic rings. The van der Waals surface area contributed by atoms with Gasteiger partial charge in [0.1, 0.15) is 0 Å². The Labute approximate surface area is 277 Å². The van der Waals surface area contributed by atoms with E-state index in [1.54, 1.807) is 18.5 Å². The Kier molecular flexibility index (Phi) is 8.87. The lowest BCUT2D eigenvalue weighted by molar-refractivity contribution is -0.0746. The number of nitrogens with one attached hydrogen (secondary N) is 2. The second kappa shape index (κ2) is 12.7. The number of aromatic nitrogens is 2. The zero-order valence-electron chi connectivity index (χ0n) is 28.4. The van der Waals surface area contributed by atoms with E-state index in [0.717, 1.165) is 37.6 Å². The Morgan fingerprint density at radius 1 is 1.06 bits per heavy atom. The monoisotopic (exact) mass is 650 g/mol. The van der Waals surface area contributed by atoms with E-state index in [1.165, 1.54) is 47.5 Å². The summed E-state index contributed by atoms with van der Waals surface area (Å²) in [6.07, 6.45) is 13.5. The van der Waals surface area contributed by atoms with Crippen molar-refractivity contribution < 1.29 is 13.9 Å². The number of piperidine rings is 1. The first-order valence-corrected chi connectivity index (χ1v) is 17.8. The van der Waals surface area contributed by atoms with Crippen molar-refractivity contribution >= 4 is 5.52 Å². The second-order valence-electron chi connectivity index (χ2n) is 15.7. The Bertz CT molecular complexity index is 1630. The maximum atomic E-state index is 15.1. The number of alkyl halides is 2. The topological polar surface area (TPSA) is 77.2 Å². The number of halogens is 2. The quantitative estimate of drug-likeness (QED) is 0.280.